The number of hydrogen-bond donors (Lipinski definition) is 0. The molecule has 7 heteroatoms. The zero-order valence-corrected chi connectivity index (χ0v) is 12.9. The molecule has 0 unspecified atom stereocenters. The number of carbonyl (C=O) groups is 3. The molecule has 0 saturated carbocycles. The maximum absolute atomic E-state index is 11.9. The Kier molecular flexibility index (Phi) is 4.27. The lowest BCUT2D eigenvalue weighted by Crippen LogP contribution is -2.49. The van der Waals surface area contributed by atoms with Gasteiger partial charge in [0.05, 0.1) is 5.75 Å². The van der Waals surface area contributed by atoms with Gasteiger partial charge in [-0.2, -0.15) is 0 Å². The number of imide groups is 1. The van der Waals surface area contributed by atoms with E-state index < -0.39 is 5.60 Å². The Balaban J connectivity index is 1.88. The van der Waals surface area contributed by atoms with Crippen molar-refractivity contribution in [3.05, 3.63) is 0 Å². The van der Waals surface area contributed by atoms with Crippen molar-refractivity contribution < 1.29 is 19.1 Å². The predicted octanol–water partition coefficient (Wildman–Crippen LogP) is 2.08. The highest BCUT2D eigenvalue weighted by Gasteiger charge is 2.38. The highest BCUT2D eigenvalue weighted by Crippen LogP contribution is 2.27. The van der Waals surface area contributed by atoms with Crippen LogP contribution >= 0.6 is 11.8 Å². The molecule has 0 atom stereocenters. The van der Waals surface area contributed by atoms with E-state index in [0.29, 0.717) is 25.9 Å². The molecule has 3 amide bonds. The van der Waals surface area contributed by atoms with E-state index in [1.807, 2.05) is 20.8 Å². The molecule has 0 aromatic carbocycles. The third-order valence-electron chi connectivity index (χ3n) is 3.27. The second kappa shape index (κ2) is 5.63. The van der Waals surface area contributed by atoms with Crippen LogP contribution in [-0.4, -0.2) is 57.5 Å². The zero-order chi connectivity index (χ0) is 14.9. The molecule has 0 spiro atoms. The van der Waals surface area contributed by atoms with Crippen molar-refractivity contribution in [3.63, 3.8) is 0 Å². The van der Waals surface area contributed by atoms with Crippen LogP contribution in [0.2, 0.25) is 0 Å². The third-order valence-corrected chi connectivity index (χ3v) is 4.10. The first-order valence-electron chi connectivity index (χ1n) is 6.74. The van der Waals surface area contributed by atoms with Gasteiger partial charge in [0.2, 0.25) is 5.91 Å². The number of piperidine rings is 1. The van der Waals surface area contributed by atoms with Gasteiger partial charge in [-0.15, -0.1) is 0 Å². The normalized spacial score (nSPS) is 21.6. The highest BCUT2D eigenvalue weighted by atomic mass is 32.2. The lowest BCUT2D eigenvalue weighted by atomic mass is 10.0. The fourth-order valence-corrected chi connectivity index (χ4v) is 3.13. The number of ether oxygens (including phenoxy) is 1. The summed E-state index contributed by atoms with van der Waals surface area (Å²) in [6.07, 6.45) is 0.915. The van der Waals surface area contributed by atoms with Crippen LogP contribution in [0.25, 0.3) is 0 Å². The van der Waals surface area contributed by atoms with Crippen molar-refractivity contribution >= 4 is 29.0 Å². The quantitative estimate of drug-likeness (QED) is 0.741. The van der Waals surface area contributed by atoms with Crippen molar-refractivity contribution in [2.24, 2.45) is 0 Å². The van der Waals surface area contributed by atoms with Crippen LogP contribution in [0.4, 0.5) is 9.59 Å². The molecule has 0 radical (unpaired) electrons. The number of carbonyl (C=O) groups excluding carboxylic acids is 3. The standard InChI is InChI=1S/C13H20N2O4S/c1-13(2,3)19-11(17)14-6-4-9(5-7-14)15-10(16)8-20-12(15)18/h9H,4-8H2,1-3H3. The van der Waals surface area contributed by atoms with E-state index in [9.17, 15) is 14.4 Å². The summed E-state index contributed by atoms with van der Waals surface area (Å²) in [4.78, 5) is 38.2. The fourth-order valence-electron chi connectivity index (χ4n) is 2.35. The Morgan fingerprint density at radius 3 is 2.30 bits per heavy atom. The Labute approximate surface area is 122 Å². The van der Waals surface area contributed by atoms with Gasteiger partial charge in [0.15, 0.2) is 0 Å². The molecule has 112 valence electrons. The third kappa shape index (κ3) is 3.45. The van der Waals surface area contributed by atoms with E-state index >= 15 is 0 Å². The van der Waals surface area contributed by atoms with Gasteiger partial charge in [-0.1, -0.05) is 11.8 Å². The Bertz CT molecular complexity index is 409. The number of likely N-dealkylation sites (tertiary alicyclic amines) is 1. The monoisotopic (exact) mass is 300 g/mol. The van der Waals surface area contributed by atoms with Crippen LogP contribution in [0.3, 0.4) is 0 Å². The predicted molar refractivity (Wildman–Crippen MR) is 75.5 cm³/mol. The topological polar surface area (TPSA) is 66.9 Å². The van der Waals surface area contributed by atoms with Gasteiger partial charge in [0.1, 0.15) is 5.60 Å². The first kappa shape index (κ1) is 15.2. The van der Waals surface area contributed by atoms with Crippen LogP contribution in [0.15, 0.2) is 0 Å². The molecule has 2 aliphatic heterocycles. The van der Waals surface area contributed by atoms with E-state index in [1.165, 1.54) is 4.90 Å². The second-order valence-electron chi connectivity index (χ2n) is 6.02. The van der Waals surface area contributed by atoms with Gasteiger partial charge in [-0.05, 0) is 33.6 Å². The number of nitrogens with zero attached hydrogens (tertiary/aromatic N) is 2. The number of rotatable bonds is 1. The van der Waals surface area contributed by atoms with E-state index in [0.717, 1.165) is 11.8 Å². The molecule has 6 nitrogen and oxygen atoms in total. The Morgan fingerprint density at radius 2 is 1.85 bits per heavy atom. The van der Waals surface area contributed by atoms with Crippen LogP contribution in [0.1, 0.15) is 33.6 Å². The number of hydrogen-bond acceptors (Lipinski definition) is 5. The molecule has 2 rings (SSSR count). The average Bonchev–Trinajstić information content (AvgIpc) is 2.67. The molecule has 0 aliphatic carbocycles. The molecule has 20 heavy (non-hydrogen) atoms. The molecule has 2 heterocycles. The van der Waals surface area contributed by atoms with E-state index in [2.05, 4.69) is 0 Å². The van der Waals surface area contributed by atoms with E-state index in [1.54, 1.807) is 4.90 Å². The molecule has 2 fully saturated rings. The molecule has 2 aliphatic rings. The van der Waals surface area contributed by atoms with Gasteiger partial charge in [-0.25, -0.2) is 4.79 Å². The maximum atomic E-state index is 11.9. The first-order chi connectivity index (χ1) is 9.28. The van der Waals surface area contributed by atoms with Crippen molar-refractivity contribution in [3.8, 4) is 0 Å². The molecule has 0 aromatic rings. The van der Waals surface area contributed by atoms with Crippen LogP contribution in [0, 0.1) is 0 Å². The minimum atomic E-state index is -0.508. The Hall–Kier alpha value is -1.24. The van der Waals surface area contributed by atoms with Crippen molar-refractivity contribution in [2.75, 3.05) is 18.8 Å². The van der Waals surface area contributed by atoms with Crippen molar-refractivity contribution in [1.29, 1.82) is 0 Å². The van der Waals surface area contributed by atoms with Crippen molar-refractivity contribution in [1.82, 2.24) is 9.80 Å². The van der Waals surface area contributed by atoms with Gasteiger partial charge in [0, 0.05) is 19.1 Å². The molecular weight excluding hydrogens is 280 g/mol. The molecular formula is C13H20N2O4S. The fraction of sp³-hybridized carbons (Fsp3) is 0.769. The largest absolute Gasteiger partial charge is 0.444 e. The van der Waals surface area contributed by atoms with Crippen molar-refractivity contribution in [2.45, 2.75) is 45.3 Å². The van der Waals surface area contributed by atoms with Gasteiger partial charge >= 0.3 is 6.09 Å². The van der Waals surface area contributed by atoms with Gasteiger partial charge in [0.25, 0.3) is 5.24 Å². The number of thioether (sulfide) groups is 1. The first-order valence-corrected chi connectivity index (χ1v) is 7.73. The number of amides is 3. The summed E-state index contributed by atoms with van der Waals surface area (Å²) in [5.41, 5.74) is -0.508. The maximum Gasteiger partial charge on any atom is 0.410 e. The smallest absolute Gasteiger partial charge is 0.410 e. The summed E-state index contributed by atoms with van der Waals surface area (Å²) < 4.78 is 5.32. The summed E-state index contributed by atoms with van der Waals surface area (Å²) in [6.45, 7) is 6.52. The highest BCUT2D eigenvalue weighted by molar-refractivity contribution is 8.14. The van der Waals surface area contributed by atoms with Crippen LogP contribution < -0.4 is 0 Å². The van der Waals surface area contributed by atoms with Gasteiger partial charge < -0.3 is 9.64 Å². The minimum Gasteiger partial charge on any atom is -0.444 e. The van der Waals surface area contributed by atoms with Crippen LogP contribution in [-0.2, 0) is 9.53 Å². The SMILES string of the molecule is CC(C)(C)OC(=O)N1CCC(N2C(=O)CSC2=O)CC1. The summed E-state index contributed by atoms with van der Waals surface area (Å²) in [7, 11) is 0. The molecule has 0 N–H and O–H groups in total. The average molecular weight is 300 g/mol. The summed E-state index contributed by atoms with van der Waals surface area (Å²) in [5.74, 6) is 0.126. The lowest BCUT2D eigenvalue weighted by molar-refractivity contribution is -0.126. The minimum absolute atomic E-state index is 0.0799. The van der Waals surface area contributed by atoms with E-state index in [-0.39, 0.29) is 29.0 Å². The summed E-state index contributed by atoms with van der Waals surface area (Å²) in [5, 5.41) is -0.161. The van der Waals surface area contributed by atoms with E-state index in [4.69, 9.17) is 4.74 Å². The molecule has 0 aromatic heterocycles. The summed E-state index contributed by atoms with van der Waals surface area (Å²) in [6, 6.07) is -0.0799. The molecule has 2 saturated heterocycles. The molecule has 0 bridgehead atoms. The second-order valence-corrected chi connectivity index (χ2v) is 6.94. The Morgan fingerprint density at radius 1 is 1.25 bits per heavy atom. The van der Waals surface area contributed by atoms with Crippen LogP contribution in [0.5, 0.6) is 0 Å². The summed E-state index contributed by atoms with van der Waals surface area (Å²) >= 11 is 1.05. The zero-order valence-electron chi connectivity index (χ0n) is 12.0. The lowest BCUT2D eigenvalue weighted by Gasteiger charge is -2.36. The van der Waals surface area contributed by atoms with Gasteiger partial charge in [-0.3, -0.25) is 14.5 Å².